The van der Waals surface area contributed by atoms with E-state index < -0.39 is 25.3 Å². The van der Waals surface area contributed by atoms with Gasteiger partial charge >= 0.3 is 172 Å². The van der Waals surface area contributed by atoms with Gasteiger partial charge in [0.2, 0.25) is 0 Å². The van der Waals surface area contributed by atoms with E-state index in [9.17, 15) is 10.2 Å². The molecule has 1 aliphatic rings. The Kier molecular flexibility index (Phi) is 6.13. The number of nitrogens with zero attached hydrogens (tertiary/aromatic N) is 1. The van der Waals surface area contributed by atoms with Gasteiger partial charge in [0.15, 0.2) is 0 Å². The zero-order valence-electron chi connectivity index (χ0n) is 15.4. The first-order chi connectivity index (χ1) is 13.6. The van der Waals surface area contributed by atoms with Gasteiger partial charge < -0.3 is 0 Å². The van der Waals surface area contributed by atoms with Crippen molar-refractivity contribution < 1.29 is 40.9 Å². The summed E-state index contributed by atoms with van der Waals surface area (Å²) < 4.78 is 12.7. The van der Waals surface area contributed by atoms with Crippen molar-refractivity contribution in [2.24, 2.45) is 0 Å². The molecule has 0 spiro atoms. The summed E-state index contributed by atoms with van der Waals surface area (Å²) in [5, 5.41) is 21.6. The van der Waals surface area contributed by atoms with Crippen LogP contribution in [0.3, 0.4) is 0 Å². The molecule has 5 nitrogen and oxygen atoms in total. The fourth-order valence-electron chi connectivity index (χ4n) is 3.54. The normalized spacial score (nSPS) is 22.8. The Hall–Kier alpha value is -1.32. The standard InChI is InChI=1S/C21H22ClINO4/c1-27-16-5-2-13(3-6-16)8-14-11-24(18-9-15(22)4-7-17(14)18)21-10-19(26)23-20(12-25)28-21/h2-7,9,11,19-21,25-26H,8,10,12H2,1H3/q-1/t19-,20-,21-/m1/s1. The van der Waals surface area contributed by atoms with Crippen LogP contribution in [0.25, 0.3) is 10.9 Å². The van der Waals surface area contributed by atoms with Crippen molar-refractivity contribution in [1.29, 1.82) is 0 Å². The van der Waals surface area contributed by atoms with E-state index in [0.717, 1.165) is 28.6 Å². The number of rotatable bonds is 5. The van der Waals surface area contributed by atoms with Gasteiger partial charge in [0.1, 0.15) is 0 Å². The Bertz CT molecular complexity index is 959. The van der Waals surface area contributed by atoms with Crippen LogP contribution >= 0.6 is 11.6 Å². The number of ether oxygens (including phenoxy) is 2. The molecular formula is C21H22ClINO4-. The van der Waals surface area contributed by atoms with Crippen LogP contribution in [-0.2, 0) is 11.2 Å². The Balaban J connectivity index is 1.71. The van der Waals surface area contributed by atoms with Gasteiger partial charge in [-0.25, -0.2) is 0 Å². The number of aliphatic hydroxyl groups is 2. The predicted octanol–water partition coefficient (Wildman–Crippen LogP) is 0.539. The van der Waals surface area contributed by atoms with Crippen molar-refractivity contribution >= 4 is 22.5 Å². The number of hydrogen-bond acceptors (Lipinski definition) is 4. The zero-order valence-corrected chi connectivity index (χ0v) is 18.3. The van der Waals surface area contributed by atoms with Crippen LogP contribution in [0, 0.1) is 0 Å². The number of fused-ring (bicyclic) bond motifs is 1. The number of halogens is 2. The van der Waals surface area contributed by atoms with Crippen molar-refractivity contribution in [3.05, 3.63) is 64.8 Å². The van der Waals surface area contributed by atoms with E-state index in [-0.39, 0.29) is 16.9 Å². The van der Waals surface area contributed by atoms with E-state index in [1.165, 1.54) is 5.56 Å². The molecule has 0 radical (unpaired) electrons. The summed E-state index contributed by atoms with van der Waals surface area (Å²) in [6.45, 7) is -0.0560. The molecule has 1 aromatic heterocycles. The van der Waals surface area contributed by atoms with Crippen molar-refractivity contribution in [3.8, 4) is 5.75 Å². The molecule has 4 rings (SSSR count). The van der Waals surface area contributed by atoms with E-state index in [4.69, 9.17) is 21.1 Å². The molecule has 3 atom stereocenters. The maximum atomic E-state index is 10.3. The van der Waals surface area contributed by atoms with E-state index in [0.29, 0.717) is 11.4 Å². The van der Waals surface area contributed by atoms with Crippen LogP contribution in [0.15, 0.2) is 48.7 Å². The minimum absolute atomic E-state index is 0.0560. The molecule has 2 heterocycles. The average Bonchev–Trinajstić information content (AvgIpc) is 3.05. The molecule has 3 aromatic rings. The molecule has 150 valence electrons. The molecule has 1 saturated heterocycles. The van der Waals surface area contributed by atoms with Crippen LogP contribution < -0.4 is 25.9 Å². The first-order valence-corrected chi connectivity index (χ1v) is 11.9. The third kappa shape index (κ3) is 4.16. The van der Waals surface area contributed by atoms with E-state index in [1.54, 1.807) is 7.11 Å². The molecule has 0 bridgehead atoms. The van der Waals surface area contributed by atoms with Gasteiger partial charge in [0, 0.05) is 0 Å². The number of benzene rings is 2. The van der Waals surface area contributed by atoms with Crippen LogP contribution in [0.5, 0.6) is 5.75 Å². The van der Waals surface area contributed by atoms with Crippen molar-refractivity contribution in [3.63, 3.8) is 0 Å². The fourth-order valence-corrected chi connectivity index (χ4v) is 6.09. The Morgan fingerprint density at radius 2 is 2.04 bits per heavy atom. The maximum absolute atomic E-state index is 10.3. The molecule has 0 unspecified atom stereocenters. The van der Waals surface area contributed by atoms with Crippen LogP contribution in [0.4, 0.5) is 0 Å². The number of methoxy groups -OCH3 is 1. The third-order valence-corrected chi connectivity index (χ3v) is 7.94. The van der Waals surface area contributed by atoms with E-state index in [1.807, 2.05) is 30.3 Å². The van der Waals surface area contributed by atoms with Gasteiger partial charge in [0.25, 0.3) is 0 Å². The van der Waals surface area contributed by atoms with Gasteiger partial charge in [-0.2, -0.15) is 0 Å². The molecule has 2 N–H and O–H groups in total. The Labute approximate surface area is 179 Å². The topological polar surface area (TPSA) is 63.9 Å². The second-order valence-corrected chi connectivity index (χ2v) is 10.7. The van der Waals surface area contributed by atoms with Crippen LogP contribution in [-0.4, -0.2) is 36.7 Å². The third-order valence-electron chi connectivity index (χ3n) is 4.87. The van der Waals surface area contributed by atoms with Crippen molar-refractivity contribution in [1.82, 2.24) is 4.57 Å². The second kappa shape index (κ2) is 8.59. The monoisotopic (exact) mass is 514 g/mol. The molecule has 1 fully saturated rings. The second-order valence-electron chi connectivity index (χ2n) is 6.73. The van der Waals surface area contributed by atoms with Crippen LogP contribution in [0.2, 0.25) is 5.02 Å². The summed E-state index contributed by atoms with van der Waals surface area (Å²) in [5.41, 5.74) is 3.32. The molecule has 0 amide bonds. The van der Waals surface area contributed by atoms with Gasteiger partial charge in [-0.1, -0.05) is 0 Å². The Morgan fingerprint density at radius 1 is 1.25 bits per heavy atom. The van der Waals surface area contributed by atoms with Gasteiger partial charge in [-0.3, -0.25) is 0 Å². The van der Waals surface area contributed by atoms with E-state index in [2.05, 4.69) is 22.9 Å². The molecule has 28 heavy (non-hydrogen) atoms. The summed E-state index contributed by atoms with van der Waals surface area (Å²) in [6.07, 6.45) is 3.06. The van der Waals surface area contributed by atoms with Crippen LogP contribution in [0.1, 0.15) is 23.8 Å². The van der Waals surface area contributed by atoms with Crippen molar-refractivity contribution in [2.75, 3.05) is 13.7 Å². The molecule has 2 aromatic carbocycles. The van der Waals surface area contributed by atoms with Gasteiger partial charge in [-0.15, -0.1) is 0 Å². The van der Waals surface area contributed by atoms with Crippen molar-refractivity contribution in [2.45, 2.75) is 27.3 Å². The Morgan fingerprint density at radius 3 is 2.75 bits per heavy atom. The number of aromatic nitrogens is 1. The summed E-state index contributed by atoms with van der Waals surface area (Å²) >= 11 is 5.67. The molecule has 0 aliphatic carbocycles. The van der Waals surface area contributed by atoms with Gasteiger partial charge in [0.05, 0.1) is 7.11 Å². The molecule has 1 aliphatic heterocycles. The molecule has 0 saturated carbocycles. The first-order valence-electron chi connectivity index (χ1n) is 9.05. The number of hydrogen-bond donors (Lipinski definition) is 2. The number of aliphatic hydroxyl groups excluding tert-OH is 2. The summed E-state index contributed by atoms with van der Waals surface area (Å²) in [7, 11) is 1.66. The summed E-state index contributed by atoms with van der Waals surface area (Å²) in [4.78, 5) is 0. The fraction of sp³-hybridized carbons (Fsp3) is 0.333. The van der Waals surface area contributed by atoms with E-state index >= 15 is 0 Å². The predicted molar refractivity (Wildman–Crippen MR) is 104 cm³/mol. The quantitative estimate of drug-likeness (QED) is 0.385. The molecular weight excluding hydrogens is 493 g/mol. The first kappa shape index (κ1) is 20.0. The zero-order chi connectivity index (χ0) is 19.7. The number of alkyl halides is 2. The summed E-state index contributed by atoms with van der Waals surface area (Å²) in [6, 6.07) is 13.9. The molecule has 7 heteroatoms. The van der Waals surface area contributed by atoms with Gasteiger partial charge in [-0.05, 0) is 0 Å². The average molecular weight is 515 g/mol. The minimum atomic E-state index is -0.590. The SMILES string of the molecule is COc1ccc(Cc2cn([C@H]3C[C@@H](O)[I-][C@@H](CO)O3)c3cc(Cl)ccc23)cc1. The summed E-state index contributed by atoms with van der Waals surface area (Å²) in [5.74, 6) is 0.834.